The van der Waals surface area contributed by atoms with Gasteiger partial charge in [-0.25, -0.2) is 4.79 Å². The molecule has 158 valence electrons. The van der Waals surface area contributed by atoms with Crippen molar-refractivity contribution in [3.8, 4) is 0 Å². The highest BCUT2D eigenvalue weighted by Gasteiger charge is 2.27. The number of fused-ring (bicyclic) bond motifs is 1. The van der Waals surface area contributed by atoms with Crippen LogP contribution in [0.2, 0.25) is 0 Å². The average molecular weight is 413 g/mol. The van der Waals surface area contributed by atoms with Crippen LogP contribution in [0.5, 0.6) is 0 Å². The first-order chi connectivity index (χ1) is 14.3. The lowest BCUT2D eigenvalue weighted by Crippen LogP contribution is -2.44. The molecule has 0 bridgehead atoms. The summed E-state index contributed by atoms with van der Waals surface area (Å²) in [5.41, 5.74) is 6.05. The highest BCUT2D eigenvalue weighted by Crippen LogP contribution is 2.26. The summed E-state index contributed by atoms with van der Waals surface area (Å²) in [5, 5.41) is 11.5. The minimum atomic E-state index is -0.494. The molecule has 1 aromatic carbocycles. The van der Waals surface area contributed by atoms with Crippen LogP contribution in [0.1, 0.15) is 18.4 Å². The van der Waals surface area contributed by atoms with Crippen molar-refractivity contribution in [2.75, 3.05) is 18.0 Å². The molecule has 0 spiro atoms. The van der Waals surface area contributed by atoms with Crippen LogP contribution < -0.4 is 21.9 Å². The van der Waals surface area contributed by atoms with E-state index in [1.807, 2.05) is 4.90 Å². The van der Waals surface area contributed by atoms with Gasteiger partial charge in [-0.15, -0.1) is 0 Å². The van der Waals surface area contributed by atoms with Crippen LogP contribution in [0.4, 0.5) is 11.6 Å². The summed E-state index contributed by atoms with van der Waals surface area (Å²) >= 11 is 0. The van der Waals surface area contributed by atoms with E-state index < -0.39 is 16.2 Å². The number of aromatic nitrogens is 4. The van der Waals surface area contributed by atoms with Gasteiger partial charge in [0.2, 0.25) is 5.95 Å². The lowest BCUT2D eigenvalue weighted by Gasteiger charge is -2.31. The molecule has 0 radical (unpaired) electrons. The molecular weight excluding hydrogens is 390 g/mol. The summed E-state index contributed by atoms with van der Waals surface area (Å²) in [5.74, 6) is 0.483. The molecule has 4 rings (SSSR count). The van der Waals surface area contributed by atoms with Crippen LogP contribution in [0.25, 0.3) is 11.2 Å². The molecule has 1 unspecified atom stereocenters. The van der Waals surface area contributed by atoms with Crippen LogP contribution >= 0.6 is 0 Å². The number of nitrogens with zero attached hydrogens (tertiary/aromatic N) is 6. The zero-order chi connectivity index (χ0) is 21.6. The Morgan fingerprint density at radius 2 is 1.97 bits per heavy atom. The molecule has 11 heteroatoms. The van der Waals surface area contributed by atoms with Gasteiger partial charge in [0, 0.05) is 44.9 Å². The lowest BCUT2D eigenvalue weighted by atomic mass is 10.1. The van der Waals surface area contributed by atoms with E-state index in [1.165, 1.54) is 17.7 Å². The molecule has 2 aromatic heterocycles. The fourth-order valence-electron chi connectivity index (χ4n) is 4.01. The van der Waals surface area contributed by atoms with Crippen molar-refractivity contribution in [2.45, 2.75) is 25.4 Å². The highest BCUT2D eigenvalue weighted by atomic mass is 16.6. The monoisotopic (exact) mass is 413 g/mol. The van der Waals surface area contributed by atoms with Crippen LogP contribution in [0, 0.1) is 10.1 Å². The Hall–Kier alpha value is -3.47. The number of aryl methyl sites for hydroxylation is 1. The minimum Gasteiger partial charge on any atom is -0.341 e. The summed E-state index contributed by atoms with van der Waals surface area (Å²) in [6, 6.07) is 6.36. The number of hydrogen-bond donors (Lipinski definition) is 1. The van der Waals surface area contributed by atoms with Crippen molar-refractivity contribution in [1.29, 1.82) is 0 Å². The molecule has 0 saturated carbocycles. The third kappa shape index (κ3) is 3.16. The number of para-hydroxylation sites is 1. The summed E-state index contributed by atoms with van der Waals surface area (Å²) in [4.78, 5) is 43.1. The van der Waals surface area contributed by atoms with Crippen molar-refractivity contribution in [2.24, 2.45) is 19.8 Å². The minimum absolute atomic E-state index is 0.0373. The number of nitro groups is 1. The summed E-state index contributed by atoms with van der Waals surface area (Å²) in [6.07, 6.45) is 1.76. The third-order valence-electron chi connectivity index (χ3n) is 5.59. The first-order valence-electron chi connectivity index (χ1n) is 9.68. The molecule has 0 aliphatic carbocycles. The molecule has 3 heterocycles. The Bertz CT molecular complexity index is 1260. The van der Waals surface area contributed by atoms with Gasteiger partial charge in [-0.3, -0.25) is 28.6 Å². The molecule has 1 aliphatic rings. The number of anilines is 1. The van der Waals surface area contributed by atoms with E-state index in [0.717, 1.165) is 17.4 Å². The number of hydrogen-bond acceptors (Lipinski definition) is 7. The molecule has 1 saturated heterocycles. The van der Waals surface area contributed by atoms with E-state index in [1.54, 1.807) is 29.8 Å². The fourth-order valence-corrected chi connectivity index (χ4v) is 4.01. The van der Waals surface area contributed by atoms with Gasteiger partial charge in [0.05, 0.1) is 11.5 Å². The number of rotatable bonds is 4. The molecule has 1 fully saturated rings. The lowest BCUT2D eigenvalue weighted by molar-refractivity contribution is -0.385. The van der Waals surface area contributed by atoms with Gasteiger partial charge in [0.25, 0.3) is 11.2 Å². The quantitative estimate of drug-likeness (QED) is 0.481. The van der Waals surface area contributed by atoms with E-state index in [4.69, 9.17) is 5.73 Å². The number of imidazole rings is 1. The first kappa shape index (κ1) is 19.8. The van der Waals surface area contributed by atoms with Crippen molar-refractivity contribution in [1.82, 2.24) is 18.7 Å². The smallest absolute Gasteiger partial charge is 0.332 e. The number of nitrogens with two attached hydrogens (primary N) is 1. The predicted octanol–water partition coefficient (Wildman–Crippen LogP) is 0.318. The van der Waals surface area contributed by atoms with E-state index >= 15 is 0 Å². The molecule has 30 heavy (non-hydrogen) atoms. The van der Waals surface area contributed by atoms with Gasteiger partial charge >= 0.3 is 5.69 Å². The van der Waals surface area contributed by atoms with Crippen molar-refractivity contribution in [3.05, 3.63) is 60.8 Å². The molecule has 3 aromatic rings. The molecule has 1 atom stereocenters. The highest BCUT2D eigenvalue weighted by molar-refractivity contribution is 5.75. The van der Waals surface area contributed by atoms with Gasteiger partial charge in [0.1, 0.15) is 0 Å². The Morgan fingerprint density at radius 1 is 1.23 bits per heavy atom. The third-order valence-corrected chi connectivity index (χ3v) is 5.59. The predicted molar refractivity (Wildman–Crippen MR) is 112 cm³/mol. The molecule has 2 N–H and O–H groups in total. The second-order valence-electron chi connectivity index (χ2n) is 7.61. The molecule has 0 amide bonds. The maximum atomic E-state index is 13.0. The standard InChI is InChI=1S/C19H23N7O4/c1-22-16-15(17(27)23(2)19(22)28)25(10-12-6-3-4-8-14(12)26(29)30)18(21-16)24-9-5-7-13(20)11-24/h3-4,6,8,13H,5,7,9-11,20H2,1-2H3. The van der Waals surface area contributed by atoms with Crippen molar-refractivity contribution < 1.29 is 4.92 Å². The van der Waals surface area contributed by atoms with Gasteiger partial charge < -0.3 is 10.6 Å². The number of benzene rings is 1. The SMILES string of the molecule is Cn1c(=O)c2c(nc(N3CCCC(N)C3)n2Cc2ccccc2[N+](=O)[O-])n(C)c1=O. The molecule has 1 aliphatic heterocycles. The summed E-state index contributed by atoms with van der Waals surface area (Å²) in [7, 11) is 2.96. The Balaban J connectivity index is 1.99. The average Bonchev–Trinajstić information content (AvgIpc) is 3.10. The van der Waals surface area contributed by atoms with Crippen LogP contribution in [0.3, 0.4) is 0 Å². The summed E-state index contributed by atoms with van der Waals surface area (Å²) in [6.45, 7) is 1.32. The normalized spacial score (nSPS) is 16.9. The second-order valence-corrected chi connectivity index (χ2v) is 7.61. The van der Waals surface area contributed by atoms with Gasteiger partial charge in [-0.2, -0.15) is 4.98 Å². The largest absolute Gasteiger partial charge is 0.341 e. The van der Waals surface area contributed by atoms with Crippen LogP contribution in [-0.2, 0) is 20.6 Å². The van der Waals surface area contributed by atoms with Crippen molar-refractivity contribution in [3.63, 3.8) is 0 Å². The Morgan fingerprint density at radius 3 is 2.67 bits per heavy atom. The zero-order valence-corrected chi connectivity index (χ0v) is 16.8. The number of nitro benzene ring substituents is 1. The Kier molecular flexibility index (Phi) is 4.90. The maximum Gasteiger partial charge on any atom is 0.332 e. The van der Waals surface area contributed by atoms with Crippen LogP contribution in [0.15, 0.2) is 33.9 Å². The van der Waals surface area contributed by atoms with Gasteiger partial charge in [-0.05, 0) is 12.8 Å². The fraction of sp³-hybridized carbons (Fsp3) is 0.421. The van der Waals surface area contributed by atoms with Gasteiger partial charge in [-0.1, -0.05) is 18.2 Å². The van der Waals surface area contributed by atoms with Crippen molar-refractivity contribution >= 4 is 22.8 Å². The van der Waals surface area contributed by atoms with E-state index in [9.17, 15) is 19.7 Å². The molecular formula is C19H23N7O4. The first-order valence-corrected chi connectivity index (χ1v) is 9.68. The maximum absolute atomic E-state index is 13.0. The van der Waals surface area contributed by atoms with E-state index in [2.05, 4.69) is 4.98 Å². The van der Waals surface area contributed by atoms with E-state index in [-0.39, 0.29) is 29.4 Å². The second kappa shape index (κ2) is 7.41. The topological polar surface area (TPSA) is 134 Å². The summed E-state index contributed by atoms with van der Waals surface area (Å²) < 4.78 is 4.00. The van der Waals surface area contributed by atoms with Crippen LogP contribution in [-0.4, -0.2) is 42.7 Å². The molecule has 11 nitrogen and oxygen atoms in total. The van der Waals surface area contributed by atoms with E-state index in [0.29, 0.717) is 24.6 Å². The number of piperidine rings is 1. The van der Waals surface area contributed by atoms with Gasteiger partial charge in [0.15, 0.2) is 11.2 Å². The zero-order valence-electron chi connectivity index (χ0n) is 16.8. The Labute approximate surface area is 171 Å².